The zero-order valence-corrected chi connectivity index (χ0v) is 17.2. The van der Waals surface area contributed by atoms with Gasteiger partial charge < -0.3 is 10.1 Å². The lowest BCUT2D eigenvalue weighted by atomic mass is 9.94. The first-order valence-electron chi connectivity index (χ1n) is 9.31. The van der Waals surface area contributed by atoms with Gasteiger partial charge >= 0.3 is 6.09 Å². The van der Waals surface area contributed by atoms with Crippen LogP contribution in [0.15, 0.2) is 22.9 Å². The quantitative estimate of drug-likeness (QED) is 0.743. The molecule has 150 valence electrons. The summed E-state index contributed by atoms with van der Waals surface area (Å²) in [7, 11) is 0. The summed E-state index contributed by atoms with van der Waals surface area (Å²) in [6.07, 6.45) is 5.10. The highest BCUT2D eigenvalue weighted by molar-refractivity contribution is 7.16. The van der Waals surface area contributed by atoms with Gasteiger partial charge in [0.2, 0.25) is 5.91 Å². The molecule has 1 fully saturated rings. The van der Waals surface area contributed by atoms with Crippen LogP contribution in [0.5, 0.6) is 0 Å². The van der Waals surface area contributed by atoms with Crippen molar-refractivity contribution in [1.29, 1.82) is 5.26 Å². The number of hydrogen-bond acceptors (Lipinski definition) is 7. The third-order valence-corrected chi connectivity index (χ3v) is 6.63. The average molecular weight is 430 g/mol. The third-order valence-electron chi connectivity index (χ3n) is 4.76. The maximum absolute atomic E-state index is 12.3. The summed E-state index contributed by atoms with van der Waals surface area (Å²) < 4.78 is 5.56. The first kappa shape index (κ1) is 19.6. The zero-order valence-electron chi connectivity index (χ0n) is 15.6. The number of hydroxylamine groups is 2. The molecule has 1 atom stereocenters. The Balaban J connectivity index is 1.42. The highest BCUT2D eigenvalue weighted by Crippen LogP contribution is 2.38. The van der Waals surface area contributed by atoms with Crippen LogP contribution in [0.4, 0.5) is 9.80 Å². The first-order valence-corrected chi connectivity index (χ1v) is 11.1. The molecule has 0 aromatic carbocycles. The largest absolute Gasteiger partial charge is 0.444 e. The predicted octanol–water partition coefficient (Wildman–Crippen LogP) is 3.96. The van der Waals surface area contributed by atoms with E-state index in [1.54, 1.807) is 17.4 Å². The van der Waals surface area contributed by atoms with E-state index in [0.717, 1.165) is 22.4 Å². The second-order valence-corrected chi connectivity index (χ2v) is 8.62. The van der Waals surface area contributed by atoms with Crippen LogP contribution in [0.2, 0.25) is 0 Å². The van der Waals surface area contributed by atoms with Crippen LogP contribution in [0, 0.1) is 11.3 Å². The van der Waals surface area contributed by atoms with E-state index in [9.17, 15) is 14.9 Å². The Bertz CT molecular complexity index is 969. The average Bonchev–Trinajstić information content (AvgIpc) is 3.46. The van der Waals surface area contributed by atoms with E-state index in [2.05, 4.69) is 11.4 Å². The molecule has 29 heavy (non-hydrogen) atoms. The molecule has 3 heterocycles. The number of fused-ring (bicyclic) bond motifs is 1. The van der Waals surface area contributed by atoms with E-state index < -0.39 is 6.09 Å². The number of rotatable bonds is 4. The van der Waals surface area contributed by atoms with Gasteiger partial charge in [-0.3, -0.25) is 9.63 Å². The first-order chi connectivity index (χ1) is 14.1. The van der Waals surface area contributed by atoms with Gasteiger partial charge in [0.05, 0.1) is 18.7 Å². The molecule has 0 spiro atoms. The number of hydrogen-bond donors (Lipinski definition) is 1. The van der Waals surface area contributed by atoms with Crippen LogP contribution in [-0.4, -0.2) is 36.3 Å². The van der Waals surface area contributed by atoms with E-state index >= 15 is 0 Å². The Morgan fingerprint density at radius 3 is 3.07 bits per heavy atom. The number of amides is 2. The van der Waals surface area contributed by atoms with Gasteiger partial charge in [-0.15, -0.1) is 11.3 Å². The number of anilines is 1. The molecule has 0 bridgehead atoms. The number of nitrogens with one attached hydrogen (secondary N) is 1. The molecular weight excluding hydrogens is 410 g/mol. The Hall–Kier alpha value is -2.67. The highest BCUT2D eigenvalue weighted by atomic mass is 32.1. The summed E-state index contributed by atoms with van der Waals surface area (Å²) in [5.41, 5.74) is 2.41. The summed E-state index contributed by atoms with van der Waals surface area (Å²) >= 11 is 2.94. The van der Waals surface area contributed by atoms with Crippen molar-refractivity contribution in [3.8, 4) is 6.07 Å². The van der Waals surface area contributed by atoms with Crippen LogP contribution < -0.4 is 5.32 Å². The van der Waals surface area contributed by atoms with Crippen molar-refractivity contribution in [2.45, 2.75) is 31.8 Å². The van der Waals surface area contributed by atoms with Crippen LogP contribution in [0.1, 0.15) is 34.4 Å². The molecule has 2 aromatic heterocycles. The fourth-order valence-electron chi connectivity index (χ4n) is 3.35. The number of carbonyl (C=O) groups excluding carboxylic acids is 2. The number of ether oxygens (including phenoxy) is 1. The molecule has 7 nitrogen and oxygen atoms in total. The maximum Gasteiger partial charge on any atom is 0.434 e. The zero-order chi connectivity index (χ0) is 20.2. The number of thiophene rings is 2. The van der Waals surface area contributed by atoms with Crippen molar-refractivity contribution in [3.63, 3.8) is 0 Å². The Morgan fingerprint density at radius 1 is 1.45 bits per heavy atom. The second-order valence-electron chi connectivity index (χ2n) is 6.74. The van der Waals surface area contributed by atoms with Gasteiger partial charge in [0, 0.05) is 17.4 Å². The SMILES string of the molecule is N#Cc1c(NC(=O)/C=C/c2ccsc2)sc2c1CCC(OC(=O)N1CCCO1)C2. The van der Waals surface area contributed by atoms with Crippen LogP contribution in [-0.2, 0) is 27.2 Å². The molecule has 4 rings (SSSR count). The molecule has 2 aliphatic rings. The van der Waals surface area contributed by atoms with Crippen molar-refractivity contribution in [2.75, 3.05) is 18.5 Å². The molecule has 2 aromatic rings. The van der Waals surface area contributed by atoms with Gasteiger partial charge in [0.1, 0.15) is 17.2 Å². The molecule has 0 radical (unpaired) electrons. The van der Waals surface area contributed by atoms with E-state index in [0.29, 0.717) is 43.0 Å². The molecular formula is C20H19N3O4S2. The van der Waals surface area contributed by atoms with E-state index in [1.807, 2.05) is 16.8 Å². The van der Waals surface area contributed by atoms with Gasteiger partial charge in [-0.05, 0) is 53.3 Å². The van der Waals surface area contributed by atoms with Crippen molar-refractivity contribution < 1.29 is 19.2 Å². The second kappa shape index (κ2) is 8.78. The summed E-state index contributed by atoms with van der Waals surface area (Å²) in [4.78, 5) is 30.6. The molecule has 2 amide bonds. The fourth-order valence-corrected chi connectivity index (χ4v) is 5.24. The minimum absolute atomic E-state index is 0.258. The minimum atomic E-state index is -0.458. The third kappa shape index (κ3) is 4.50. The topological polar surface area (TPSA) is 91.7 Å². The summed E-state index contributed by atoms with van der Waals surface area (Å²) in [5, 5.41) is 18.1. The van der Waals surface area contributed by atoms with Gasteiger partial charge in [-0.2, -0.15) is 21.7 Å². The summed E-state index contributed by atoms with van der Waals surface area (Å²) in [6, 6.07) is 4.14. The standard InChI is InChI=1S/C20H19N3O4S2/c21-11-16-15-4-3-14(27-20(25)23-7-1-8-26-23)10-17(15)29-19(16)22-18(24)5-2-13-6-9-28-12-13/h2,5-6,9,12,14H,1,3-4,7-8,10H2,(H,22,24)/b5-2+. The molecule has 1 N–H and O–H groups in total. The number of carbonyl (C=O) groups is 2. The van der Waals surface area contributed by atoms with Gasteiger partial charge in [0.25, 0.3) is 0 Å². The van der Waals surface area contributed by atoms with E-state index in [4.69, 9.17) is 9.57 Å². The smallest absolute Gasteiger partial charge is 0.434 e. The molecule has 1 saturated heterocycles. The van der Waals surface area contributed by atoms with Crippen molar-refractivity contribution >= 4 is 45.8 Å². The van der Waals surface area contributed by atoms with Crippen LogP contribution in [0.3, 0.4) is 0 Å². The van der Waals surface area contributed by atoms with E-state index in [-0.39, 0.29) is 12.0 Å². The molecule has 1 unspecified atom stereocenters. The van der Waals surface area contributed by atoms with Crippen molar-refractivity contribution in [1.82, 2.24) is 5.06 Å². The van der Waals surface area contributed by atoms with E-state index in [1.165, 1.54) is 22.5 Å². The number of nitrogens with zero attached hydrogens (tertiary/aromatic N) is 2. The fraction of sp³-hybridized carbons (Fsp3) is 0.350. The minimum Gasteiger partial charge on any atom is -0.444 e. The van der Waals surface area contributed by atoms with Crippen molar-refractivity contribution in [2.24, 2.45) is 0 Å². The van der Waals surface area contributed by atoms with Crippen LogP contribution in [0.25, 0.3) is 6.08 Å². The normalized spacial score (nSPS) is 18.4. The summed E-state index contributed by atoms with van der Waals surface area (Å²) in [6.45, 7) is 1.08. The predicted molar refractivity (Wildman–Crippen MR) is 111 cm³/mol. The molecule has 1 aliphatic carbocycles. The molecule has 1 aliphatic heterocycles. The summed E-state index contributed by atoms with van der Waals surface area (Å²) in [5.74, 6) is -0.277. The van der Waals surface area contributed by atoms with Crippen molar-refractivity contribution in [3.05, 3.63) is 44.5 Å². The maximum atomic E-state index is 12.3. The Kier molecular flexibility index (Phi) is 5.94. The molecule has 0 saturated carbocycles. The Labute approximate surface area is 176 Å². The highest BCUT2D eigenvalue weighted by Gasteiger charge is 2.30. The Morgan fingerprint density at radius 2 is 2.34 bits per heavy atom. The molecule has 9 heteroatoms. The lowest BCUT2D eigenvalue weighted by Gasteiger charge is -2.24. The van der Waals surface area contributed by atoms with Gasteiger partial charge in [-0.25, -0.2) is 4.79 Å². The number of nitriles is 1. The van der Waals surface area contributed by atoms with Gasteiger partial charge in [0.15, 0.2) is 0 Å². The van der Waals surface area contributed by atoms with Gasteiger partial charge in [-0.1, -0.05) is 0 Å². The lowest BCUT2D eigenvalue weighted by Crippen LogP contribution is -2.33. The lowest BCUT2D eigenvalue weighted by molar-refractivity contribution is -0.111. The monoisotopic (exact) mass is 429 g/mol. The van der Waals surface area contributed by atoms with Crippen LogP contribution >= 0.6 is 22.7 Å².